The normalized spacial score (nSPS) is 9.20. The van der Waals surface area contributed by atoms with Crippen LogP contribution in [0.3, 0.4) is 0 Å². The summed E-state index contributed by atoms with van der Waals surface area (Å²) in [4.78, 5) is 0. The Bertz CT molecular complexity index is 197. The second-order valence-electron chi connectivity index (χ2n) is 1.59. The average molecular weight is 202 g/mol. The number of hydrogen-bond acceptors (Lipinski definition) is 2. The van der Waals surface area contributed by atoms with E-state index in [-0.39, 0.29) is 17.0 Å². The molecule has 0 fully saturated rings. The summed E-state index contributed by atoms with van der Waals surface area (Å²) in [7, 11) is 0. The lowest BCUT2D eigenvalue weighted by molar-refractivity contribution is -0.546. The van der Waals surface area contributed by atoms with Crippen molar-refractivity contribution in [1.82, 2.24) is 0 Å². The summed E-state index contributed by atoms with van der Waals surface area (Å²) in [5.74, 6) is 4.91. The van der Waals surface area contributed by atoms with Crippen molar-refractivity contribution in [2.75, 3.05) is 0 Å². The van der Waals surface area contributed by atoms with Crippen molar-refractivity contribution in [2.24, 2.45) is 10.9 Å². The van der Waals surface area contributed by atoms with Crippen molar-refractivity contribution in [2.45, 2.75) is 0 Å². The van der Waals surface area contributed by atoms with Gasteiger partial charge in [0.2, 0.25) is 0 Å². The number of rotatable bonds is 1. The lowest BCUT2D eigenvalue weighted by atomic mass is 10.5. The fourth-order valence-electron chi connectivity index (χ4n) is 0.566. The first kappa shape index (κ1) is 9.10. The Morgan fingerprint density at radius 3 is 2.30 bits per heavy atom. The summed E-state index contributed by atoms with van der Waals surface area (Å²) in [6.07, 6.45) is 5.24. The van der Waals surface area contributed by atoms with Crippen LogP contribution < -0.4 is 27.4 Å². The highest BCUT2D eigenvalue weighted by Gasteiger charge is 1.84. The minimum atomic E-state index is 0. The van der Waals surface area contributed by atoms with Crippen LogP contribution >= 0.6 is 0 Å². The van der Waals surface area contributed by atoms with Crippen molar-refractivity contribution >= 4 is 6.34 Å². The maximum atomic E-state index is 4.91. The van der Waals surface area contributed by atoms with Crippen molar-refractivity contribution in [1.29, 1.82) is 0 Å². The minimum absolute atomic E-state index is 0. The molecule has 0 saturated heterocycles. The highest BCUT2D eigenvalue weighted by molar-refractivity contribution is 5.41. The van der Waals surface area contributed by atoms with Crippen LogP contribution in [0.4, 0.5) is 0 Å². The third kappa shape index (κ3) is 2.59. The number of pyridine rings is 1. The molecule has 0 aliphatic rings. The number of nitrogens with two attached hydrogens (primary N) is 1. The third-order valence-corrected chi connectivity index (χ3v) is 0.939. The molecular formula is C6H8BrN3. The third-order valence-electron chi connectivity index (χ3n) is 0.939. The average Bonchev–Trinajstić information content (AvgIpc) is 1.91. The Morgan fingerprint density at radius 1 is 1.20 bits per heavy atom. The van der Waals surface area contributed by atoms with Gasteiger partial charge in [0.05, 0.1) is 12.4 Å². The topological polar surface area (TPSA) is 42.3 Å². The number of hydrazone groups is 1. The summed E-state index contributed by atoms with van der Waals surface area (Å²) in [6, 6.07) is 5.74. The predicted molar refractivity (Wildman–Crippen MR) is 34.7 cm³/mol. The number of nitrogens with zero attached hydrogens (tertiary/aromatic N) is 2. The molecule has 10 heavy (non-hydrogen) atoms. The molecule has 0 radical (unpaired) electrons. The van der Waals surface area contributed by atoms with Crippen LogP contribution in [-0.2, 0) is 0 Å². The van der Waals surface area contributed by atoms with Gasteiger partial charge in [-0.3, -0.25) is 0 Å². The van der Waals surface area contributed by atoms with E-state index in [1.54, 1.807) is 4.57 Å². The van der Waals surface area contributed by atoms with E-state index in [2.05, 4.69) is 5.10 Å². The second-order valence-corrected chi connectivity index (χ2v) is 1.59. The van der Waals surface area contributed by atoms with E-state index in [9.17, 15) is 0 Å². The molecule has 0 aliphatic carbocycles. The first-order valence-corrected chi connectivity index (χ1v) is 2.62. The first-order valence-electron chi connectivity index (χ1n) is 2.62. The SMILES string of the molecule is NN=C[n+]1ccccc1.[Br-]. The monoisotopic (exact) mass is 201 g/mol. The second kappa shape index (κ2) is 4.93. The number of hydrogen-bond donors (Lipinski definition) is 1. The van der Waals surface area contributed by atoms with Crippen molar-refractivity contribution in [3.05, 3.63) is 30.6 Å². The molecule has 54 valence electrons. The maximum Gasteiger partial charge on any atom is 0.315 e. The van der Waals surface area contributed by atoms with Gasteiger partial charge in [-0.05, 0) is 12.1 Å². The highest BCUT2D eigenvalue weighted by atomic mass is 79.9. The molecule has 3 nitrogen and oxygen atoms in total. The van der Waals surface area contributed by atoms with Crippen molar-refractivity contribution in [3.63, 3.8) is 0 Å². The molecule has 0 amide bonds. The zero-order valence-corrected chi connectivity index (χ0v) is 6.90. The van der Waals surface area contributed by atoms with Crippen LogP contribution in [0, 0.1) is 0 Å². The fraction of sp³-hybridized carbons (Fsp3) is 0. The Kier molecular flexibility index (Phi) is 4.49. The van der Waals surface area contributed by atoms with E-state index in [1.165, 1.54) is 6.34 Å². The quantitative estimate of drug-likeness (QED) is 0.168. The van der Waals surface area contributed by atoms with Gasteiger partial charge in [0, 0.05) is 5.10 Å². The number of halogens is 1. The summed E-state index contributed by atoms with van der Waals surface area (Å²) in [5, 5.41) is 3.34. The fourth-order valence-corrected chi connectivity index (χ4v) is 0.566. The van der Waals surface area contributed by atoms with Gasteiger partial charge < -0.3 is 17.0 Å². The van der Waals surface area contributed by atoms with Gasteiger partial charge in [0.15, 0.2) is 0 Å². The molecule has 0 atom stereocenters. The van der Waals surface area contributed by atoms with Crippen LogP contribution in [0.25, 0.3) is 0 Å². The molecule has 0 unspecified atom stereocenters. The van der Waals surface area contributed by atoms with E-state index in [0.29, 0.717) is 0 Å². The minimum Gasteiger partial charge on any atom is -1.00 e. The Labute approximate surface area is 69.9 Å². The molecule has 1 rings (SSSR count). The van der Waals surface area contributed by atoms with Crippen LogP contribution in [0.2, 0.25) is 0 Å². The van der Waals surface area contributed by atoms with Crippen LogP contribution in [-0.4, -0.2) is 6.34 Å². The molecule has 0 bridgehead atoms. The Balaban J connectivity index is 0.000000810. The van der Waals surface area contributed by atoms with Gasteiger partial charge >= 0.3 is 6.34 Å². The molecule has 0 aromatic carbocycles. The summed E-state index contributed by atoms with van der Waals surface area (Å²) < 4.78 is 1.76. The molecular weight excluding hydrogens is 194 g/mol. The van der Waals surface area contributed by atoms with E-state index in [0.717, 1.165) is 0 Å². The van der Waals surface area contributed by atoms with Gasteiger partial charge in [0.1, 0.15) is 0 Å². The molecule has 1 heterocycles. The van der Waals surface area contributed by atoms with Crippen LogP contribution in [0.1, 0.15) is 0 Å². The lowest BCUT2D eigenvalue weighted by Gasteiger charge is -1.82. The van der Waals surface area contributed by atoms with Gasteiger partial charge in [-0.25, -0.2) is 10.4 Å². The first-order chi connectivity index (χ1) is 4.43. The molecule has 2 N–H and O–H groups in total. The van der Waals surface area contributed by atoms with E-state index < -0.39 is 0 Å². The highest BCUT2D eigenvalue weighted by Crippen LogP contribution is 1.72. The Hall–Kier alpha value is -0.900. The van der Waals surface area contributed by atoms with E-state index in [1.807, 2.05) is 30.6 Å². The molecule has 0 saturated carbocycles. The molecule has 4 heteroatoms. The van der Waals surface area contributed by atoms with Gasteiger partial charge in [-0.15, -0.1) is 0 Å². The zero-order valence-electron chi connectivity index (χ0n) is 5.31. The largest absolute Gasteiger partial charge is 1.00 e. The molecule has 0 spiro atoms. The van der Waals surface area contributed by atoms with Crippen LogP contribution in [0.5, 0.6) is 0 Å². The summed E-state index contributed by atoms with van der Waals surface area (Å²) >= 11 is 0. The van der Waals surface area contributed by atoms with Gasteiger partial charge in [0.25, 0.3) is 0 Å². The van der Waals surface area contributed by atoms with Gasteiger partial charge in [-0.1, -0.05) is 6.07 Å². The standard InChI is InChI=1S/C6H8N3.BrH/c7-8-6-9-4-2-1-3-5-9;/h1-6H,7H2;1H/q+1;/p-1. The van der Waals surface area contributed by atoms with E-state index >= 15 is 0 Å². The predicted octanol–water partition coefficient (Wildman–Crippen LogP) is -3.27. The van der Waals surface area contributed by atoms with Gasteiger partial charge in [-0.2, -0.15) is 0 Å². The molecule has 1 aromatic rings. The van der Waals surface area contributed by atoms with Crippen molar-refractivity contribution < 1.29 is 21.5 Å². The molecule has 0 aliphatic heterocycles. The maximum absolute atomic E-state index is 4.91. The Morgan fingerprint density at radius 2 is 1.80 bits per heavy atom. The lowest BCUT2D eigenvalue weighted by Crippen LogP contribution is -3.00. The molecule has 1 aromatic heterocycles. The van der Waals surface area contributed by atoms with E-state index in [4.69, 9.17) is 5.84 Å². The summed E-state index contributed by atoms with van der Waals surface area (Å²) in [6.45, 7) is 0. The number of aromatic nitrogens is 1. The zero-order chi connectivity index (χ0) is 6.53. The van der Waals surface area contributed by atoms with Crippen molar-refractivity contribution in [3.8, 4) is 0 Å². The van der Waals surface area contributed by atoms with Crippen LogP contribution in [0.15, 0.2) is 35.7 Å². The smallest absolute Gasteiger partial charge is 0.315 e. The summed E-state index contributed by atoms with van der Waals surface area (Å²) in [5.41, 5.74) is 0.